The van der Waals surface area contributed by atoms with Crippen molar-refractivity contribution in [3.8, 4) is 0 Å². The van der Waals surface area contributed by atoms with Crippen LogP contribution in [0, 0.1) is 0 Å². The Bertz CT molecular complexity index is 107. The smallest absolute Gasteiger partial charge is 0.274 e. The van der Waals surface area contributed by atoms with Crippen LogP contribution in [0.3, 0.4) is 0 Å². The zero-order chi connectivity index (χ0) is 6.50. The fourth-order valence-electron chi connectivity index (χ4n) is 0. The first-order valence-electron chi connectivity index (χ1n) is 1.25. The summed E-state index contributed by atoms with van der Waals surface area (Å²) < 4.78 is 25.2. The lowest BCUT2D eigenvalue weighted by Crippen LogP contribution is -2.08. The van der Waals surface area contributed by atoms with Crippen LogP contribution >= 0.6 is 0 Å². The minimum Gasteiger partial charge on any atom is -0.274 e. The van der Waals surface area contributed by atoms with E-state index < -0.39 is 10.3 Å². The molecule has 0 spiro atoms. The summed E-state index contributed by atoms with van der Waals surface area (Å²) in [5.74, 6) is 0. The average molecular weight is 125 g/mol. The molecule has 44 valence electrons. The molecule has 0 aromatic rings. The van der Waals surface area contributed by atoms with Crippen molar-refractivity contribution >= 4 is 10.3 Å². The van der Waals surface area contributed by atoms with Crippen molar-refractivity contribution in [1.29, 1.82) is 0 Å². The Kier molecular flexibility index (Phi) is 5.30. The molecule has 0 aromatic carbocycles. The minimum atomic E-state index is -4.17. The Morgan fingerprint density at radius 1 is 1.43 bits per heavy atom. The second-order valence-corrected chi connectivity index (χ2v) is 1.54. The molecule has 4 nitrogen and oxygen atoms in total. The first-order chi connectivity index (χ1) is 3.00. The molecule has 3 N–H and O–H groups in total. The van der Waals surface area contributed by atoms with E-state index >= 15 is 0 Å². The predicted molar refractivity (Wildman–Crippen MR) is 27.0 cm³/mol. The number of nitrogens with two attached hydrogens (primary N) is 1. The highest BCUT2D eigenvalue weighted by molar-refractivity contribution is 7.83. The van der Waals surface area contributed by atoms with E-state index in [9.17, 15) is 0 Å². The predicted octanol–water partition coefficient (Wildman–Crippen LogP) is -0.450. The van der Waals surface area contributed by atoms with Crippen LogP contribution in [0.25, 0.3) is 0 Å². The van der Waals surface area contributed by atoms with E-state index in [4.69, 9.17) is 13.0 Å². The van der Waals surface area contributed by atoms with Crippen LogP contribution in [0.2, 0.25) is 0 Å². The van der Waals surface area contributed by atoms with Gasteiger partial charge in [-0.3, -0.25) is 4.55 Å². The zero-order valence-corrected chi connectivity index (χ0v) is 4.48. The van der Waals surface area contributed by atoms with Crippen molar-refractivity contribution in [2.75, 3.05) is 0 Å². The molecular weight excluding hydrogens is 118 g/mol. The molecule has 0 heterocycles. The second kappa shape index (κ2) is 3.79. The minimum absolute atomic E-state index is 3.00. The van der Waals surface area contributed by atoms with Gasteiger partial charge in [0.1, 0.15) is 0 Å². The third-order valence-electron chi connectivity index (χ3n) is 0. The van der Waals surface area contributed by atoms with Crippen LogP contribution < -0.4 is 5.14 Å². The van der Waals surface area contributed by atoms with Gasteiger partial charge in [0.25, 0.3) is 0 Å². The van der Waals surface area contributed by atoms with Crippen LogP contribution in [-0.2, 0) is 10.3 Å². The maximum absolute atomic E-state index is 8.97. The van der Waals surface area contributed by atoms with Gasteiger partial charge in [0.2, 0.25) is 0 Å². The first-order valence-corrected chi connectivity index (χ1v) is 2.75. The van der Waals surface area contributed by atoms with Gasteiger partial charge < -0.3 is 0 Å². The maximum atomic E-state index is 8.97. The van der Waals surface area contributed by atoms with Gasteiger partial charge in [0.05, 0.1) is 0 Å². The van der Waals surface area contributed by atoms with Crippen molar-refractivity contribution < 1.29 is 13.0 Å². The molecule has 0 saturated carbocycles. The van der Waals surface area contributed by atoms with E-state index in [1.807, 2.05) is 0 Å². The van der Waals surface area contributed by atoms with Gasteiger partial charge in [-0.15, -0.1) is 13.2 Å². The molecule has 0 saturated heterocycles. The maximum Gasteiger partial charge on any atom is 0.330 e. The molecule has 0 aliphatic heterocycles. The van der Waals surface area contributed by atoms with Gasteiger partial charge in [-0.05, 0) is 0 Å². The largest absolute Gasteiger partial charge is 0.330 e. The summed E-state index contributed by atoms with van der Waals surface area (Å²) in [4.78, 5) is 0. The average Bonchev–Trinajstić information content (AvgIpc) is 1.36. The summed E-state index contributed by atoms with van der Waals surface area (Å²) in [6.07, 6.45) is 0. The fraction of sp³-hybridized carbons (Fsp3) is 0. The molecule has 0 aromatic heterocycles. The lowest BCUT2D eigenvalue weighted by Gasteiger charge is -1.70. The number of rotatable bonds is 0. The second-order valence-electron chi connectivity index (χ2n) is 0.515. The molecular formula is C2H7NO3S. The summed E-state index contributed by atoms with van der Waals surface area (Å²) in [5.41, 5.74) is 0. The molecule has 0 aliphatic rings. The van der Waals surface area contributed by atoms with Gasteiger partial charge in [-0.25, -0.2) is 5.14 Å². The van der Waals surface area contributed by atoms with Crippen molar-refractivity contribution in [2.45, 2.75) is 0 Å². The Morgan fingerprint density at radius 3 is 1.43 bits per heavy atom. The topological polar surface area (TPSA) is 80.4 Å². The molecule has 0 bridgehead atoms. The normalized spacial score (nSPS) is 8.86. The lowest BCUT2D eigenvalue weighted by atomic mass is 11.3. The van der Waals surface area contributed by atoms with E-state index in [0.717, 1.165) is 0 Å². The quantitative estimate of drug-likeness (QED) is 0.340. The molecule has 0 aliphatic carbocycles. The summed E-state index contributed by atoms with van der Waals surface area (Å²) in [5, 5.41) is 3.88. The third kappa shape index (κ3) is 481. The Hall–Kier alpha value is -0.390. The van der Waals surface area contributed by atoms with Crippen molar-refractivity contribution in [3.63, 3.8) is 0 Å². The molecule has 0 radical (unpaired) electrons. The van der Waals surface area contributed by atoms with Gasteiger partial charge in [0, 0.05) is 0 Å². The van der Waals surface area contributed by atoms with E-state index in [2.05, 4.69) is 18.3 Å². The van der Waals surface area contributed by atoms with Crippen LogP contribution in [0.4, 0.5) is 0 Å². The van der Waals surface area contributed by atoms with E-state index in [1.165, 1.54) is 0 Å². The SMILES string of the molecule is C=C.NS(=O)(=O)O. The molecule has 0 unspecified atom stereocenters. The Labute approximate surface area is 42.5 Å². The lowest BCUT2D eigenvalue weighted by molar-refractivity contribution is 0.485. The van der Waals surface area contributed by atoms with Crippen LogP contribution in [0.15, 0.2) is 13.2 Å². The van der Waals surface area contributed by atoms with Gasteiger partial charge in [0.15, 0.2) is 0 Å². The summed E-state index contributed by atoms with van der Waals surface area (Å²) in [7, 11) is -4.17. The summed E-state index contributed by atoms with van der Waals surface area (Å²) >= 11 is 0. The molecule has 7 heavy (non-hydrogen) atoms. The van der Waals surface area contributed by atoms with E-state index in [0.29, 0.717) is 0 Å². The van der Waals surface area contributed by atoms with Gasteiger partial charge in [-0.1, -0.05) is 0 Å². The summed E-state index contributed by atoms with van der Waals surface area (Å²) in [6, 6.07) is 0. The van der Waals surface area contributed by atoms with Crippen LogP contribution in [0.5, 0.6) is 0 Å². The molecule has 5 heteroatoms. The monoisotopic (exact) mass is 125 g/mol. The van der Waals surface area contributed by atoms with E-state index in [1.54, 1.807) is 0 Å². The number of hydrogen-bond acceptors (Lipinski definition) is 2. The zero-order valence-electron chi connectivity index (χ0n) is 3.66. The highest BCUT2D eigenvalue weighted by atomic mass is 32.2. The highest BCUT2D eigenvalue weighted by Gasteiger charge is 1.81. The number of hydrogen-bond donors (Lipinski definition) is 2. The fourth-order valence-corrected chi connectivity index (χ4v) is 0. The summed E-state index contributed by atoms with van der Waals surface area (Å²) in [6.45, 7) is 6.00. The van der Waals surface area contributed by atoms with Gasteiger partial charge in [-0.2, -0.15) is 8.42 Å². The Balaban J connectivity index is 0. The van der Waals surface area contributed by atoms with Crippen molar-refractivity contribution in [1.82, 2.24) is 0 Å². The standard InChI is InChI=1S/C2H4.H3NO3S/c1-2;1-5(2,3)4/h1-2H2;(H3,1,2,3,4). The van der Waals surface area contributed by atoms with E-state index in [-0.39, 0.29) is 0 Å². The molecule has 0 rings (SSSR count). The molecule has 0 atom stereocenters. The van der Waals surface area contributed by atoms with Gasteiger partial charge >= 0.3 is 10.3 Å². The van der Waals surface area contributed by atoms with Crippen LogP contribution in [0.1, 0.15) is 0 Å². The van der Waals surface area contributed by atoms with Crippen LogP contribution in [-0.4, -0.2) is 13.0 Å². The highest BCUT2D eigenvalue weighted by Crippen LogP contribution is 1.50. The Morgan fingerprint density at radius 2 is 1.43 bits per heavy atom. The van der Waals surface area contributed by atoms with Crippen molar-refractivity contribution in [3.05, 3.63) is 13.2 Å². The van der Waals surface area contributed by atoms with Crippen molar-refractivity contribution in [2.24, 2.45) is 5.14 Å². The molecule has 0 amide bonds. The third-order valence-corrected chi connectivity index (χ3v) is 0. The molecule has 0 fully saturated rings. The first kappa shape index (κ1) is 9.79.